The van der Waals surface area contributed by atoms with Gasteiger partial charge >= 0.3 is 6.03 Å². The Labute approximate surface area is 126 Å². The number of rotatable bonds is 6. The lowest BCUT2D eigenvalue weighted by atomic mass is 9.79. The molecule has 3 N–H and O–H groups in total. The molecule has 2 rings (SSSR count). The zero-order valence-electron chi connectivity index (χ0n) is 12.8. The van der Waals surface area contributed by atoms with Gasteiger partial charge in [0.2, 0.25) is 0 Å². The van der Waals surface area contributed by atoms with E-state index in [1.165, 1.54) is 18.4 Å². The van der Waals surface area contributed by atoms with Gasteiger partial charge in [0.05, 0.1) is 12.6 Å². The van der Waals surface area contributed by atoms with Crippen LogP contribution >= 0.6 is 0 Å². The van der Waals surface area contributed by atoms with Crippen molar-refractivity contribution in [3.8, 4) is 0 Å². The second-order valence-electron chi connectivity index (χ2n) is 5.97. The monoisotopic (exact) mass is 290 g/mol. The first kappa shape index (κ1) is 15.8. The van der Waals surface area contributed by atoms with Crippen molar-refractivity contribution < 1.29 is 9.90 Å². The van der Waals surface area contributed by atoms with Crippen molar-refractivity contribution >= 4 is 6.03 Å². The number of aliphatic hydroxyl groups excluding tert-OH is 1. The Morgan fingerprint density at radius 2 is 1.95 bits per heavy atom. The lowest BCUT2D eigenvalue weighted by molar-refractivity contribution is 0.212. The van der Waals surface area contributed by atoms with E-state index in [0.29, 0.717) is 6.54 Å². The molecule has 0 heterocycles. The number of nitrogens with one attached hydrogen (secondary N) is 2. The minimum absolute atomic E-state index is 0.0201. The minimum Gasteiger partial charge on any atom is -0.394 e. The van der Waals surface area contributed by atoms with Crippen molar-refractivity contribution in [2.75, 3.05) is 13.2 Å². The summed E-state index contributed by atoms with van der Waals surface area (Å²) in [5.41, 5.74) is 1.39. The number of benzene rings is 1. The van der Waals surface area contributed by atoms with E-state index >= 15 is 0 Å². The molecule has 1 fully saturated rings. The molecule has 1 unspecified atom stereocenters. The van der Waals surface area contributed by atoms with Crippen molar-refractivity contribution in [3.05, 3.63) is 35.9 Å². The molecule has 1 aromatic carbocycles. The van der Waals surface area contributed by atoms with Crippen molar-refractivity contribution in [1.82, 2.24) is 10.6 Å². The van der Waals surface area contributed by atoms with Crippen LogP contribution in [-0.2, 0) is 5.41 Å². The van der Waals surface area contributed by atoms with E-state index < -0.39 is 0 Å². The molecule has 4 nitrogen and oxygen atoms in total. The van der Waals surface area contributed by atoms with E-state index in [2.05, 4.69) is 34.9 Å². The SMILES string of the molecule is CCC(CO)NC(=O)NCC1(c2ccccc2)CCCC1. The summed E-state index contributed by atoms with van der Waals surface area (Å²) in [5, 5.41) is 15.0. The van der Waals surface area contributed by atoms with Gasteiger partial charge in [-0.2, -0.15) is 0 Å². The van der Waals surface area contributed by atoms with E-state index in [9.17, 15) is 4.79 Å². The second kappa shape index (κ2) is 7.46. The standard InChI is InChI=1S/C17H26N2O2/c1-2-15(12-20)19-16(21)18-13-17(10-6-7-11-17)14-8-4-3-5-9-14/h3-5,8-9,15,20H,2,6-7,10-13H2,1H3,(H2,18,19,21). The van der Waals surface area contributed by atoms with Crippen LogP contribution in [0.25, 0.3) is 0 Å². The zero-order chi connectivity index (χ0) is 15.1. The summed E-state index contributed by atoms with van der Waals surface area (Å²) in [6.07, 6.45) is 5.40. The predicted octanol–water partition coefficient (Wildman–Crippen LogP) is 2.57. The normalized spacial score (nSPS) is 18.2. The summed E-state index contributed by atoms with van der Waals surface area (Å²) in [7, 11) is 0. The highest BCUT2D eigenvalue weighted by atomic mass is 16.3. The van der Waals surface area contributed by atoms with Gasteiger partial charge in [-0.25, -0.2) is 4.79 Å². The van der Waals surface area contributed by atoms with Crippen LogP contribution in [0.2, 0.25) is 0 Å². The third kappa shape index (κ3) is 3.97. The number of urea groups is 1. The molecule has 0 aromatic heterocycles. The predicted molar refractivity (Wildman–Crippen MR) is 84.3 cm³/mol. The van der Waals surface area contributed by atoms with Crippen LogP contribution in [-0.4, -0.2) is 30.3 Å². The summed E-state index contributed by atoms with van der Waals surface area (Å²) >= 11 is 0. The molecule has 0 bridgehead atoms. The van der Waals surface area contributed by atoms with Gasteiger partial charge in [-0.05, 0) is 24.8 Å². The fourth-order valence-electron chi connectivity index (χ4n) is 3.17. The molecule has 0 spiro atoms. The van der Waals surface area contributed by atoms with Gasteiger partial charge in [-0.3, -0.25) is 0 Å². The summed E-state index contributed by atoms with van der Waals surface area (Å²) in [4.78, 5) is 12.0. The highest BCUT2D eigenvalue weighted by molar-refractivity contribution is 5.74. The number of carbonyl (C=O) groups excluding carboxylic acids is 1. The summed E-state index contributed by atoms with van der Waals surface area (Å²) in [6.45, 7) is 2.59. The Balaban J connectivity index is 1.97. The van der Waals surface area contributed by atoms with E-state index in [4.69, 9.17) is 5.11 Å². The number of hydrogen-bond acceptors (Lipinski definition) is 2. The van der Waals surface area contributed by atoms with Crippen LogP contribution in [0.4, 0.5) is 4.79 Å². The molecule has 1 atom stereocenters. The molecule has 1 aliphatic carbocycles. The van der Waals surface area contributed by atoms with Gasteiger partial charge in [-0.1, -0.05) is 50.1 Å². The van der Waals surface area contributed by atoms with E-state index in [-0.39, 0.29) is 24.1 Å². The van der Waals surface area contributed by atoms with Crippen LogP contribution in [0.5, 0.6) is 0 Å². The van der Waals surface area contributed by atoms with Crippen LogP contribution in [0.15, 0.2) is 30.3 Å². The van der Waals surface area contributed by atoms with Crippen LogP contribution in [0.3, 0.4) is 0 Å². The van der Waals surface area contributed by atoms with Crippen molar-refractivity contribution in [2.45, 2.75) is 50.5 Å². The molecule has 2 amide bonds. The maximum atomic E-state index is 12.0. The summed E-state index contributed by atoms with van der Waals surface area (Å²) in [5.74, 6) is 0. The Morgan fingerprint density at radius 1 is 1.29 bits per heavy atom. The maximum absolute atomic E-state index is 12.0. The Kier molecular flexibility index (Phi) is 5.62. The molecular formula is C17H26N2O2. The average molecular weight is 290 g/mol. The quantitative estimate of drug-likeness (QED) is 0.754. The van der Waals surface area contributed by atoms with Gasteiger partial charge in [0.1, 0.15) is 0 Å². The van der Waals surface area contributed by atoms with E-state index in [1.54, 1.807) is 0 Å². The minimum atomic E-state index is -0.182. The fourth-order valence-corrected chi connectivity index (χ4v) is 3.17. The van der Waals surface area contributed by atoms with Crippen LogP contribution in [0.1, 0.15) is 44.6 Å². The van der Waals surface area contributed by atoms with Crippen molar-refractivity contribution in [3.63, 3.8) is 0 Å². The Morgan fingerprint density at radius 3 is 2.52 bits per heavy atom. The molecule has 4 heteroatoms. The molecule has 0 radical (unpaired) electrons. The van der Waals surface area contributed by atoms with E-state index in [0.717, 1.165) is 19.3 Å². The number of aliphatic hydroxyl groups is 1. The third-order valence-corrected chi connectivity index (χ3v) is 4.58. The first-order valence-electron chi connectivity index (χ1n) is 7.91. The molecular weight excluding hydrogens is 264 g/mol. The molecule has 21 heavy (non-hydrogen) atoms. The summed E-state index contributed by atoms with van der Waals surface area (Å²) in [6, 6.07) is 10.1. The van der Waals surface area contributed by atoms with Crippen LogP contribution < -0.4 is 10.6 Å². The average Bonchev–Trinajstić information content (AvgIpc) is 3.01. The molecule has 0 saturated heterocycles. The topological polar surface area (TPSA) is 61.4 Å². The number of carbonyl (C=O) groups is 1. The zero-order valence-corrected chi connectivity index (χ0v) is 12.8. The lowest BCUT2D eigenvalue weighted by Crippen LogP contribution is -2.47. The number of hydrogen-bond donors (Lipinski definition) is 3. The Bertz CT molecular complexity index is 437. The van der Waals surface area contributed by atoms with Gasteiger partial charge < -0.3 is 15.7 Å². The fraction of sp³-hybridized carbons (Fsp3) is 0.588. The maximum Gasteiger partial charge on any atom is 0.315 e. The second-order valence-corrected chi connectivity index (χ2v) is 5.97. The van der Waals surface area contributed by atoms with Gasteiger partial charge in [0.25, 0.3) is 0 Å². The molecule has 0 aliphatic heterocycles. The largest absolute Gasteiger partial charge is 0.394 e. The lowest BCUT2D eigenvalue weighted by Gasteiger charge is -2.30. The van der Waals surface area contributed by atoms with Crippen molar-refractivity contribution in [2.24, 2.45) is 0 Å². The summed E-state index contributed by atoms with van der Waals surface area (Å²) < 4.78 is 0. The molecule has 116 valence electrons. The highest BCUT2D eigenvalue weighted by Gasteiger charge is 2.35. The molecule has 1 aliphatic rings. The first-order chi connectivity index (χ1) is 10.2. The van der Waals surface area contributed by atoms with Crippen molar-refractivity contribution in [1.29, 1.82) is 0 Å². The van der Waals surface area contributed by atoms with Gasteiger partial charge in [0.15, 0.2) is 0 Å². The van der Waals surface area contributed by atoms with E-state index in [1.807, 2.05) is 13.0 Å². The molecule has 1 saturated carbocycles. The first-order valence-corrected chi connectivity index (χ1v) is 7.91. The Hall–Kier alpha value is -1.55. The highest BCUT2D eigenvalue weighted by Crippen LogP contribution is 2.40. The van der Waals surface area contributed by atoms with Gasteiger partial charge in [-0.15, -0.1) is 0 Å². The smallest absolute Gasteiger partial charge is 0.315 e. The number of amides is 2. The van der Waals surface area contributed by atoms with Gasteiger partial charge in [0, 0.05) is 12.0 Å². The van der Waals surface area contributed by atoms with Crippen LogP contribution in [0, 0.1) is 0 Å². The third-order valence-electron chi connectivity index (χ3n) is 4.58. The molecule has 1 aromatic rings.